The summed E-state index contributed by atoms with van der Waals surface area (Å²) in [7, 11) is 0. The summed E-state index contributed by atoms with van der Waals surface area (Å²) in [5, 5.41) is 39.5. The molecule has 0 bridgehead atoms. The van der Waals surface area contributed by atoms with Gasteiger partial charge in [0.05, 0.1) is 12.7 Å². The number of rotatable bonds is 7. The molecule has 5 saturated carbocycles. The van der Waals surface area contributed by atoms with E-state index in [2.05, 4.69) is 55.4 Å². The van der Waals surface area contributed by atoms with Gasteiger partial charge >= 0.3 is 0 Å². The molecule has 14 atom stereocenters. The Balaban J connectivity index is 1.33. The number of aliphatic hydroxyl groups excluding tert-OH is 4. The molecule has 5 aliphatic rings. The average Bonchev–Trinajstić information content (AvgIpc) is 3.26. The zero-order valence-corrected chi connectivity index (χ0v) is 27.3. The van der Waals surface area contributed by atoms with E-state index in [-0.39, 0.29) is 0 Å². The van der Waals surface area contributed by atoms with Crippen LogP contribution in [-0.4, -0.2) is 45.3 Å². The molecule has 0 radical (unpaired) electrons. The summed E-state index contributed by atoms with van der Waals surface area (Å²) in [4.78, 5) is 0. The van der Waals surface area contributed by atoms with Crippen molar-refractivity contribution in [1.29, 1.82) is 0 Å². The molecular formula is C36H64O4. The Bertz CT molecular complexity index is 918. The van der Waals surface area contributed by atoms with E-state index in [1.54, 1.807) is 0 Å². The first-order valence-corrected chi connectivity index (χ1v) is 17.2. The number of fused-ring (bicyclic) bond motifs is 7. The normalized spacial score (nSPS) is 51.0. The van der Waals surface area contributed by atoms with Crippen LogP contribution in [0.4, 0.5) is 0 Å². The van der Waals surface area contributed by atoms with E-state index >= 15 is 0 Å². The Morgan fingerprint density at radius 1 is 0.650 bits per heavy atom. The van der Waals surface area contributed by atoms with Crippen molar-refractivity contribution in [2.24, 2.45) is 68.5 Å². The average molecular weight is 561 g/mol. The van der Waals surface area contributed by atoms with Crippen LogP contribution in [0.5, 0.6) is 0 Å². The lowest BCUT2D eigenvalue weighted by Crippen LogP contribution is -2.66. The third-order valence-corrected chi connectivity index (χ3v) is 16.2. The first-order valence-electron chi connectivity index (χ1n) is 17.2. The summed E-state index contributed by atoms with van der Waals surface area (Å²) in [6.45, 7) is 20.4. The van der Waals surface area contributed by atoms with Gasteiger partial charge in [0.2, 0.25) is 0 Å². The molecule has 5 rings (SSSR count). The maximum atomic E-state index is 10.4. The molecule has 232 valence electrons. The van der Waals surface area contributed by atoms with E-state index in [4.69, 9.17) is 5.11 Å². The standard InChI is InChI=1S/C36H64O4/c1-22(9-10-26(38)31(40)27(39)21-37)24-14-18-33(5)25(24)15-19-35(7)29(33)11-12-30-34(6)17-13-23(2)32(3,4)28(34)16-20-36(30,35)8/h22-31,37-40H,9-21H2,1-8H3/t22?,23-,24+,25-,26?,27?,28-,29+,30+,31?,33-,34-,35+,36+/m0/s1. The van der Waals surface area contributed by atoms with Crippen molar-refractivity contribution >= 4 is 0 Å². The minimum atomic E-state index is -1.27. The topological polar surface area (TPSA) is 80.9 Å². The highest BCUT2D eigenvalue weighted by molar-refractivity contribution is 5.19. The van der Waals surface area contributed by atoms with E-state index in [1.807, 2.05) is 0 Å². The molecule has 0 aromatic heterocycles. The maximum Gasteiger partial charge on any atom is 0.108 e. The summed E-state index contributed by atoms with van der Waals surface area (Å²) >= 11 is 0. The number of hydrogen-bond acceptors (Lipinski definition) is 4. The summed E-state index contributed by atoms with van der Waals surface area (Å²) in [6, 6.07) is 0. The van der Waals surface area contributed by atoms with Crippen LogP contribution in [-0.2, 0) is 0 Å². The van der Waals surface area contributed by atoms with Crippen LogP contribution in [0, 0.1) is 68.5 Å². The van der Waals surface area contributed by atoms with Gasteiger partial charge in [0.1, 0.15) is 12.2 Å². The van der Waals surface area contributed by atoms with Crippen LogP contribution in [0.1, 0.15) is 132 Å². The van der Waals surface area contributed by atoms with E-state index < -0.39 is 24.9 Å². The predicted octanol–water partition coefficient (Wildman–Crippen LogP) is 7.22. The molecule has 0 aromatic carbocycles. The third-order valence-electron chi connectivity index (χ3n) is 16.2. The van der Waals surface area contributed by atoms with Gasteiger partial charge in [-0.1, -0.05) is 55.4 Å². The fraction of sp³-hybridized carbons (Fsp3) is 1.00. The highest BCUT2D eigenvalue weighted by atomic mass is 16.4. The minimum absolute atomic E-state index is 0.406. The van der Waals surface area contributed by atoms with Gasteiger partial charge < -0.3 is 20.4 Å². The predicted molar refractivity (Wildman–Crippen MR) is 162 cm³/mol. The van der Waals surface area contributed by atoms with Gasteiger partial charge in [0.25, 0.3) is 0 Å². The van der Waals surface area contributed by atoms with Gasteiger partial charge in [-0.15, -0.1) is 0 Å². The molecule has 0 aromatic rings. The van der Waals surface area contributed by atoms with Crippen molar-refractivity contribution in [3.05, 3.63) is 0 Å². The van der Waals surface area contributed by atoms with Gasteiger partial charge in [0, 0.05) is 0 Å². The molecular weight excluding hydrogens is 496 g/mol. The zero-order chi connectivity index (χ0) is 29.5. The molecule has 4 unspecified atom stereocenters. The van der Waals surface area contributed by atoms with Crippen molar-refractivity contribution in [1.82, 2.24) is 0 Å². The molecule has 5 aliphatic carbocycles. The van der Waals surface area contributed by atoms with Crippen molar-refractivity contribution in [2.75, 3.05) is 6.61 Å². The van der Waals surface area contributed by atoms with Gasteiger partial charge in [-0.2, -0.15) is 0 Å². The quantitative estimate of drug-likeness (QED) is 0.265. The van der Waals surface area contributed by atoms with Crippen LogP contribution in [0.15, 0.2) is 0 Å². The van der Waals surface area contributed by atoms with Gasteiger partial charge in [-0.3, -0.25) is 0 Å². The highest BCUT2D eigenvalue weighted by Gasteiger charge is 2.70. The van der Waals surface area contributed by atoms with Crippen molar-refractivity contribution in [3.8, 4) is 0 Å². The van der Waals surface area contributed by atoms with Crippen LogP contribution in [0.2, 0.25) is 0 Å². The molecule has 0 saturated heterocycles. The molecule has 4 nitrogen and oxygen atoms in total. The monoisotopic (exact) mass is 560 g/mol. The molecule has 0 aliphatic heterocycles. The highest BCUT2D eigenvalue weighted by Crippen LogP contribution is 2.78. The van der Waals surface area contributed by atoms with Crippen molar-refractivity contribution < 1.29 is 20.4 Å². The summed E-state index contributed by atoms with van der Waals surface area (Å²) in [5.74, 6) is 5.28. The Morgan fingerprint density at radius 3 is 1.85 bits per heavy atom. The molecule has 5 fully saturated rings. The fourth-order valence-electron chi connectivity index (χ4n) is 13.3. The summed E-state index contributed by atoms with van der Waals surface area (Å²) in [6.07, 6.45) is 11.7. The van der Waals surface area contributed by atoms with Crippen molar-refractivity contribution in [3.63, 3.8) is 0 Å². The molecule has 0 amide bonds. The van der Waals surface area contributed by atoms with Crippen molar-refractivity contribution in [2.45, 2.75) is 151 Å². The molecule has 0 spiro atoms. The van der Waals surface area contributed by atoms with Gasteiger partial charge in [-0.25, -0.2) is 0 Å². The SMILES string of the molecule is CC(CCC(O)C(O)C(O)CO)[C@H]1CC[C@]2(C)[C@H]3CC[C@@H]4[C@@]5(C)CC[C@H](C)C(C)(C)[C@@H]5CC[C@@]4(C)[C@]3(C)CC[C@@H]12. The second-order valence-electron chi connectivity index (χ2n) is 17.6. The van der Waals surface area contributed by atoms with E-state index in [0.717, 1.165) is 36.0 Å². The largest absolute Gasteiger partial charge is 0.394 e. The second kappa shape index (κ2) is 10.5. The Labute approximate surface area is 246 Å². The first-order chi connectivity index (χ1) is 18.6. The van der Waals surface area contributed by atoms with Gasteiger partial charge in [0.15, 0.2) is 0 Å². The minimum Gasteiger partial charge on any atom is -0.394 e. The smallest absolute Gasteiger partial charge is 0.108 e. The molecule has 4 N–H and O–H groups in total. The van der Waals surface area contributed by atoms with Crippen LogP contribution in [0.3, 0.4) is 0 Å². The number of hydrogen-bond donors (Lipinski definition) is 4. The second-order valence-corrected chi connectivity index (χ2v) is 17.6. The van der Waals surface area contributed by atoms with E-state index in [0.29, 0.717) is 45.3 Å². The molecule has 40 heavy (non-hydrogen) atoms. The first kappa shape index (κ1) is 31.3. The summed E-state index contributed by atoms with van der Waals surface area (Å²) in [5.41, 5.74) is 2.19. The zero-order valence-electron chi connectivity index (χ0n) is 27.3. The van der Waals surface area contributed by atoms with Crippen LogP contribution in [0.25, 0.3) is 0 Å². The molecule has 0 heterocycles. The third kappa shape index (κ3) is 4.34. The van der Waals surface area contributed by atoms with E-state index in [9.17, 15) is 15.3 Å². The maximum absolute atomic E-state index is 10.4. The van der Waals surface area contributed by atoms with E-state index in [1.165, 1.54) is 64.2 Å². The Morgan fingerprint density at radius 2 is 1.23 bits per heavy atom. The molecule has 4 heteroatoms. The van der Waals surface area contributed by atoms with Crippen LogP contribution < -0.4 is 0 Å². The lowest BCUT2D eigenvalue weighted by atomic mass is 9.31. The van der Waals surface area contributed by atoms with Gasteiger partial charge in [-0.05, 0) is 146 Å². The lowest BCUT2D eigenvalue weighted by molar-refractivity contribution is -0.246. The Hall–Kier alpha value is -0.160. The lowest BCUT2D eigenvalue weighted by Gasteiger charge is -2.73. The Kier molecular flexibility index (Phi) is 8.19. The number of aliphatic hydroxyl groups is 4. The fourth-order valence-corrected chi connectivity index (χ4v) is 13.3. The van der Waals surface area contributed by atoms with Crippen LogP contribution >= 0.6 is 0 Å². The summed E-state index contributed by atoms with van der Waals surface area (Å²) < 4.78 is 0.